The first-order valence-corrected chi connectivity index (χ1v) is 9.27. The van der Waals surface area contributed by atoms with Gasteiger partial charge in [0, 0.05) is 0 Å². The topological polar surface area (TPSA) is 9.72 Å². The van der Waals surface area contributed by atoms with Gasteiger partial charge in [-0.15, -0.1) is 0 Å². The number of hydrogen-bond acceptors (Lipinski definition) is 3. The summed E-state index contributed by atoms with van der Waals surface area (Å²) >= 11 is 0. The molecule has 5 rings (SSSR count). The molecule has 3 aliphatic rings. The molecule has 3 nitrogen and oxygen atoms in total. The summed E-state index contributed by atoms with van der Waals surface area (Å²) in [6, 6.07) is 18.2. The fourth-order valence-electron chi connectivity index (χ4n) is 6.27. The van der Waals surface area contributed by atoms with Crippen molar-refractivity contribution < 1.29 is 0 Å². The van der Waals surface area contributed by atoms with Crippen LogP contribution in [-0.4, -0.2) is 69.8 Å². The van der Waals surface area contributed by atoms with Crippen molar-refractivity contribution in [3.63, 3.8) is 0 Å². The number of nitrogens with zero attached hydrogens (tertiary/aromatic N) is 3. The third-order valence-corrected chi connectivity index (χ3v) is 6.92. The molecule has 0 aromatic heterocycles. The molecule has 1 aliphatic carbocycles. The highest BCUT2D eigenvalue weighted by Gasteiger charge is 2.58. The molecule has 0 N–H and O–H groups in total. The number of fused-ring (bicyclic) bond motifs is 1. The maximum atomic E-state index is 2.51. The maximum Gasteiger partial charge on any atom is 0.131 e. The highest BCUT2D eigenvalue weighted by molar-refractivity contribution is 7.31. The van der Waals surface area contributed by atoms with Crippen molar-refractivity contribution in [2.24, 2.45) is 0 Å². The van der Waals surface area contributed by atoms with Gasteiger partial charge in [0.2, 0.25) is 0 Å². The molecule has 130 valence electrons. The van der Waals surface area contributed by atoms with Crippen LogP contribution >= 0.6 is 0 Å². The number of rotatable bonds is 3. The molecule has 0 fully saturated rings. The van der Waals surface area contributed by atoms with Crippen LogP contribution in [0.5, 0.6) is 0 Å². The van der Waals surface area contributed by atoms with E-state index >= 15 is 0 Å². The number of hydrogen-bond donors (Lipinski definition) is 0. The first-order chi connectivity index (χ1) is 11.9. The molecular formula is C20H28B2N3-. The molecule has 2 aliphatic heterocycles. The van der Waals surface area contributed by atoms with Crippen LogP contribution in [0, 0.1) is 0 Å². The Morgan fingerprint density at radius 2 is 1.08 bits per heavy atom. The van der Waals surface area contributed by atoms with Crippen molar-refractivity contribution in [1.29, 1.82) is 0 Å². The number of benzene rings is 2. The second kappa shape index (κ2) is 5.73. The van der Waals surface area contributed by atoms with E-state index in [9.17, 15) is 0 Å². The first kappa shape index (κ1) is 16.9. The van der Waals surface area contributed by atoms with E-state index in [1.165, 1.54) is 22.3 Å². The lowest BCUT2D eigenvalue weighted by molar-refractivity contribution is 0.466. The maximum absolute atomic E-state index is 2.51. The second-order valence-electron chi connectivity index (χ2n) is 8.50. The second-order valence-corrected chi connectivity index (χ2v) is 8.50. The monoisotopic (exact) mass is 332 g/mol. The van der Waals surface area contributed by atoms with Gasteiger partial charge in [0.1, 0.15) is 13.0 Å². The van der Waals surface area contributed by atoms with Crippen LogP contribution in [0.1, 0.15) is 33.9 Å². The summed E-state index contributed by atoms with van der Waals surface area (Å²) in [6.45, 7) is 0.444. The van der Waals surface area contributed by atoms with E-state index in [0.29, 0.717) is 18.4 Å². The molecule has 2 heterocycles. The average Bonchev–Trinajstić information content (AvgIpc) is 2.60. The molecule has 0 unspecified atom stereocenters. The van der Waals surface area contributed by atoms with Crippen LogP contribution in [0.25, 0.3) is 0 Å². The van der Waals surface area contributed by atoms with Crippen LogP contribution in [0.4, 0.5) is 0 Å². The molecule has 0 amide bonds. The van der Waals surface area contributed by atoms with E-state index in [0.717, 1.165) is 0 Å². The van der Waals surface area contributed by atoms with Crippen molar-refractivity contribution in [1.82, 2.24) is 14.4 Å². The fraction of sp³-hybridized carbons (Fsp3) is 0.400. The Morgan fingerprint density at radius 3 is 1.44 bits per heavy atom. The minimum Gasteiger partial charge on any atom is -0.470 e. The lowest BCUT2D eigenvalue weighted by atomic mass is 8.97. The van der Waals surface area contributed by atoms with Crippen LogP contribution in [-0.2, 0) is 0 Å². The lowest BCUT2D eigenvalue weighted by Crippen LogP contribution is -2.82. The third kappa shape index (κ3) is 2.00. The van der Waals surface area contributed by atoms with Gasteiger partial charge in [0.05, 0.1) is 0 Å². The molecule has 0 spiro atoms. The van der Waals surface area contributed by atoms with Crippen molar-refractivity contribution in [2.75, 3.05) is 42.3 Å². The minimum atomic E-state index is -0.956. The Balaban J connectivity index is 2.12. The highest BCUT2D eigenvalue weighted by Crippen LogP contribution is 2.56. The molecule has 0 radical (unpaired) electrons. The Kier molecular flexibility index (Phi) is 3.87. The van der Waals surface area contributed by atoms with E-state index in [4.69, 9.17) is 0 Å². The highest BCUT2D eigenvalue weighted by atomic mass is 15.2. The van der Waals surface area contributed by atoms with Crippen molar-refractivity contribution in [3.8, 4) is 0 Å². The fourth-order valence-corrected chi connectivity index (χ4v) is 6.27. The van der Waals surface area contributed by atoms with Gasteiger partial charge in [0.25, 0.3) is 0 Å². The van der Waals surface area contributed by atoms with Gasteiger partial charge in [-0.1, -0.05) is 93.7 Å². The minimum absolute atomic E-state index is 0.398. The summed E-state index contributed by atoms with van der Waals surface area (Å²) in [5.41, 5.74) is 6.08. The first-order valence-electron chi connectivity index (χ1n) is 9.27. The van der Waals surface area contributed by atoms with Crippen LogP contribution in [0.15, 0.2) is 48.5 Å². The molecule has 0 atom stereocenters. The van der Waals surface area contributed by atoms with Gasteiger partial charge < -0.3 is 14.4 Å². The third-order valence-electron chi connectivity index (χ3n) is 6.92. The van der Waals surface area contributed by atoms with Crippen molar-refractivity contribution in [2.45, 2.75) is 11.6 Å². The predicted octanol–water partition coefficient (Wildman–Crippen LogP) is 2.55. The van der Waals surface area contributed by atoms with E-state index in [-0.39, 0.29) is 0 Å². The van der Waals surface area contributed by atoms with Crippen LogP contribution in [0.3, 0.4) is 0 Å². The van der Waals surface area contributed by atoms with Gasteiger partial charge in [-0.25, -0.2) is 0 Å². The summed E-state index contributed by atoms with van der Waals surface area (Å²) in [6.07, 6.45) is -0.956. The molecule has 0 saturated carbocycles. The Morgan fingerprint density at radius 1 is 0.680 bits per heavy atom. The molecule has 0 saturated heterocycles. The normalized spacial score (nSPS) is 23.3. The van der Waals surface area contributed by atoms with E-state index in [1.54, 1.807) is 0 Å². The molecule has 2 aromatic rings. The van der Waals surface area contributed by atoms with Gasteiger partial charge in [-0.3, -0.25) is 0 Å². The standard InChI is InChI=1S/C20H28B2N3/c1-23(2)21-19-15-11-7-9-13-17(15)20(18-14-10-8-12-16(18)19)22(21,24(3)4)25(5)6/h7-14,19-20H,1-6H3/q-1. The SMILES string of the molecule is CN(C)B1C2c3ccccc3C(c3ccccc32)[B-]1(N(C)C)N(C)C. The zero-order valence-corrected chi connectivity index (χ0v) is 16.3. The Labute approximate surface area is 152 Å². The van der Waals surface area contributed by atoms with Crippen LogP contribution < -0.4 is 0 Å². The van der Waals surface area contributed by atoms with E-state index < -0.39 is 6.31 Å². The summed E-state index contributed by atoms with van der Waals surface area (Å²) in [5.74, 6) is 0.812. The molecule has 2 aromatic carbocycles. The van der Waals surface area contributed by atoms with Gasteiger partial charge in [0.15, 0.2) is 0 Å². The average molecular weight is 332 g/mol. The van der Waals surface area contributed by atoms with Crippen LogP contribution in [0.2, 0.25) is 0 Å². The van der Waals surface area contributed by atoms with Crippen molar-refractivity contribution >= 4 is 13.0 Å². The Bertz CT molecular complexity index is 748. The van der Waals surface area contributed by atoms with E-state index in [1.807, 2.05) is 0 Å². The summed E-state index contributed by atoms with van der Waals surface area (Å²) in [5, 5.41) is 0. The van der Waals surface area contributed by atoms with Gasteiger partial charge in [-0.05, 0) is 31.0 Å². The lowest BCUT2D eigenvalue weighted by Gasteiger charge is -2.69. The van der Waals surface area contributed by atoms with Gasteiger partial charge in [-0.2, -0.15) is 0 Å². The molecule has 5 heteroatoms. The smallest absolute Gasteiger partial charge is 0.131 e. The molecule has 2 bridgehead atoms. The zero-order valence-electron chi connectivity index (χ0n) is 16.3. The summed E-state index contributed by atoms with van der Waals surface area (Å²) in [7, 11) is 13.6. The summed E-state index contributed by atoms with van der Waals surface area (Å²) < 4.78 is 0. The zero-order chi connectivity index (χ0) is 17.9. The largest absolute Gasteiger partial charge is 0.470 e. The molecule has 25 heavy (non-hydrogen) atoms. The van der Waals surface area contributed by atoms with Gasteiger partial charge >= 0.3 is 0 Å². The summed E-state index contributed by atoms with van der Waals surface area (Å²) in [4.78, 5) is 7.48. The quantitative estimate of drug-likeness (QED) is 0.800. The van der Waals surface area contributed by atoms with Crippen molar-refractivity contribution in [3.05, 3.63) is 70.8 Å². The van der Waals surface area contributed by atoms with E-state index in [2.05, 4.69) is 105 Å². The Hall–Kier alpha value is -1.55. The predicted molar refractivity (Wildman–Crippen MR) is 109 cm³/mol. The molecular weight excluding hydrogens is 304 g/mol.